The Morgan fingerprint density at radius 2 is 2.07 bits per heavy atom. The molecule has 0 unspecified atom stereocenters. The number of terminal acetylenes is 1. The van der Waals surface area contributed by atoms with Gasteiger partial charge in [-0.3, -0.25) is 9.59 Å². The Labute approximate surface area is 263 Å². The van der Waals surface area contributed by atoms with Crippen molar-refractivity contribution >= 4 is 44.5 Å². The van der Waals surface area contributed by atoms with Crippen LogP contribution in [0, 0.1) is 12.3 Å². The molecule has 2 fully saturated rings. The van der Waals surface area contributed by atoms with Gasteiger partial charge in [0, 0.05) is 25.1 Å². The second kappa shape index (κ2) is 12.9. The Hall–Kier alpha value is -5.07. The van der Waals surface area contributed by atoms with Gasteiger partial charge in [-0.05, 0) is 34.0 Å². The Morgan fingerprint density at radius 1 is 1.24 bits per heavy atom. The number of hydrazine groups is 1. The Balaban J connectivity index is 1.33. The van der Waals surface area contributed by atoms with Gasteiger partial charge in [0.1, 0.15) is 12.2 Å². The molecule has 2 aliphatic rings. The largest absolute Gasteiger partial charge is 0.375 e. The van der Waals surface area contributed by atoms with Gasteiger partial charge in [0.25, 0.3) is 0 Å². The molecule has 0 bridgehead atoms. The quantitative estimate of drug-likeness (QED) is 0.175. The van der Waals surface area contributed by atoms with E-state index < -0.39 is 12.2 Å². The smallest absolute Gasteiger partial charge is 0.332 e. The third kappa shape index (κ3) is 6.02. The first kappa shape index (κ1) is 30.0. The van der Waals surface area contributed by atoms with Crippen LogP contribution >= 0.6 is 11.3 Å². The van der Waals surface area contributed by atoms with E-state index in [1.54, 1.807) is 14.8 Å². The molecule has 45 heavy (non-hydrogen) atoms. The molecule has 2 aromatic carbocycles. The number of nitrogens with one attached hydrogen (secondary N) is 2. The lowest BCUT2D eigenvalue weighted by atomic mass is 9.99. The number of carbonyl (C=O) groups excluding carboxylic acids is 3. The van der Waals surface area contributed by atoms with Crippen LogP contribution in [0.15, 0.2) is 42.5 Å². The Kier molecular flexibility index (Phi) is 8.58. The van der Waals surface area contributed by atoms with Crippen LogP contribution in [-0.4, -0.2) is 102 Å². The van der Waals surface area contributed by atoms with Gasteiger partial charge in [-0.25, -0.2) is 19.9 Å². The van der Waals surface area contributed by atoms with Gasteiger partial charge < -0.3 is 20.9 Å². The molecule has 2 aromatic heterocycles. The van der Waals surface area contributed by atoms with E-state index in [9.17, 15) is 14.4 Å². The number of benzene rings is 2. The molecule has 15 heteroatoms. The standard InChI is InChI=1S/C30H33N11O3S/c1-3-5-13-32-30(44)39(14-4-2)40-18-25(42)41-22(15-19-9-11-20(12-10-19)27-34-36-37-35-27)28(43)38(17-24(40)41)16-21-7-6-8-23-26(21)33-29(31)45-23/h2,6-12,22,24H,3,5,13-18H2,1H3,(H2,31,33)(H,32,44)(H,34,35,36,37)/t22-,24+/m0/s1. The molecule has 6 rings (SSSR count). The van der Waals surface area contributed by atoms with Crippen molar-refractivity contribution < 1.29 is 14.4 Å². The highest BCUT2D eigenvalue weighted by Gasteiger charge is 2.52. The van der Waals surface area contributed by atoms with Crippen molar-refractivity contribution in [3.63, 3.8) is 0 Å². The van der Waals surface area contributed by atoms with Gasteiger partial charge in [0.05, 0.1) is 29.9 Å². The van der Waals surface area contributed by atoms with Crippen molar-refractivity contribution in [3.8, 4) is 23.7 Å². The molecule has 2 saturated heterocycles. The van der Waals surface area contributed by atoms with Gasteiger partial charge >= 0.3 is 6.03 Å². The zero-order valence-corrected chi connectivity index (χ0v) is 25.5. The van der Waals surface area contributed by atoms with Crippen molar-refractivity contribution in [2.24, 2.45) is 0 Å². The lowest BCUT2D eigenvalue weighted by Gasteiger charge is -2.46. The highest BCUT2D eigenvalue weighted by atomic mass is 32.1. The maximum Gasteiger partial charge on any atom is 0.332 e. The minimum atomic E-state index is -0.811. The predicted octanol–water partition coefficient (Wildman–Crippen LogP) is 1.84. The third-order valence-corrected chi connectivity index (χ3v) is 8.89. The van der Waals surface area contributed by atoms with Crippen LogP contribution < -0.4 is 11.1 Å². The molecule has 4 amide bonds. The molecule has 4 heterocycles. The number of thiazole rings is 1. The number of aromatic amines is 1. The monoisotopic (exact) mass is 627 g/mol. The summed E-state index contributed by atoms with van der Waals surface area (Å²) in [5, 5.41) is 20.4. The van der Waals surface area contributed by atoms with E-state index in [0.717, 1.165) is 39.7 Å². The Morgan fingerprint density at radius 3 is 2.80 bits per heavy atom. The van der Waals surface area contributed by atoms with E-state index in [4.69, 9.17) is 12.2 Å². The first-order valence-corrected chi connectivity index (χ1v) is 15.5. The van der Waals surface area contributed by atoms with Crippen LogP contribution in [0.5, 0.6) is 0 Å². The number of hydrogen-bond acceptors (Lipinski definition) is 10. The van der Waals surface area contributed by atoms with E-state index in [0.29, 0.717) is 17.5 Å². The van der Waals surface area contributed by atoms with Crippen molar-refractivity contribution in [1.29, 1.82) is 0 Å². The first-order valence-electron chi connectivity index (χ1n) is 14.7. The number of fused-ring (bicyclic) bond motifs is 2. The minimum absolute atomic E-state index is 0.0243. The predicted molar refractivity (Wildman–Crippen MR) is 168 cm³/mol. The summed E-state index contributed by atoms with van der Waals surface area (Å²) in [5.74, 6) is 2.63. The number of nitrogens with zero attached hydrogens (tertiary/aromatic N) is 8. The topological polar surface area (TPSA) is 170 Å². The van der Waals surface area contributed by atoms with Gasteiger partial charge in [-0.2, -0.15) is 5.01 Å². The molecular formula is C30H33N11O3S. The maximum atomic E-state index is 14.2. The fraction of sp³-hybridized carbons (Fsp3) is 0.367. The number of unbranched alkanes of at least 4 members (excludes halogenated alkanes) is 1. The van der Waals surface area contributed by atoms with Crippen molar-refractivity contribution in [2.45, 2.75) is 44.9 Å². The average molecular weight is 628 g/mol. The summed E-state index contributed by atoms with van der Waals surface area (Å²) in [4.78, 5) is 49.1. The van der Waals surface area contributed by atoms with Crippen LogP contribution in [-0.2, 0) is 22.6 Å². The van der Waals surface area contributed by atoms with E-state index in [1.165, 1.54) is 16.3 Å². The number of tetrazole rings is 1. The van der Waals surface area contributed by atoms with E-state index in [2.05, 4.69) is 36.8 Å². The second-order valence-corrected chi connectivity index (χ2v) is 12.0. The van der Waals surface area contributed by atoms with Gasteiger partial charge in [0.2, 0.25) is 11.8 Å². The molecule has 2 aliphatic heterocycles. The number of carbonyl (C=O) groups is 3. The van der Waals surface area contributed by atoms with Gasteiger partial charge in [-0.15, -0.1) is 11.5 Å². The zero-order chi connectivity index (χ0) is 31.5. The van der Waals surface area contributed by atoms with Crippen LogP contribution in [0.4, 0.5) is 9.93 Å². The number of aromatic nitrogens is 5. The molecule has 0 radical (unpaired) electrons. The van der Waals surface area contributed by atoms with Crippen molar-refractivity contribution in [1.82, 2.24) is 50.7 Å². The summed E-state index contributed by atoms with van der Waals surface area (Å²) in [6.45, 7) is 2.86. The minimum Gasteiger partial charge on any atom is -0.375 e. The number of H-pyrrole nitrogens is 1. The van der Waals surface area contributed by atoms with Crippen molar-refractivity contribution in [3.05, 3.63) is 53.6 Å². The molecule has 2 atom stereocenters. The number of hydrogen-bond donors (Lipinski definition) is 3. The van der Waals surface area contributed by atoms with E-state index >= 15 is 0 Å². The number of urea groups is 1. The molecule has 0 saturated carbocycles. The lowest BCUT2D eigenvalue weighted by Crippen LogP contribution is -2.66. The average Bonchev–Trinajstić information content (AvgIpc) is 3.78. The third-order valence-electron chi connectivity index (χ3n) is 8.04. The van der Waals surface area contributed by atoms with E-state index in [-0.39, 0.29) is 50.4 Å². The molecule has 0 aliphatic carbocycles. The second-order valence-electron chi connectivity index (χ2n) is 10.9. The van der Waals surface area contributed by atoms with Gasteiger partial charge in [0.15, 0.2) is 11.0 Å². The van der Waals surface area contributed by atoms with Crippen LogP contribution in [0.25, 0.3) is 21.6 Å². The molecule has 0 spiro atoms. The SMILES string of the molecule is C#CCN(C(=O)NCCCC)N1CC(=O)N2[C@@H](Cc3ccc(-c4nnn[nH]4)cc3)C(=O)N(Cc3cccc4sc(N)nc34)C[C@@H]21. The fourth-order valence-electron chi connectivity index (χ4n) is 5.88. The normalized spacial score (nSPS) is 18.3. The zero-order valence-electron chi connectivity index (χ0n) is 24.7. The number of nitrogen functional groups attached to an aromatic ring is 1. The number of rotatable bonds is 10. The first-order chi connectivity index (χ1) is 21.9. The summed E-state index contributed by atoms with van der Waals surface area (Å²) in [6, 6.07) is 12.1. The molecule has 14 nitrogen and oxygen atoms in total. The van der Waals surface area contributed by atoms with Crippen molar-refractivity contribution in [2.75, 3.05) is 31.9 Å². The Bertz CT molecular complexity index is 1730. The number of piperazine rings is 1. The molecule has 232 valence electrons. The highest BCUT2D eigenvalue weighted by Crippen LogP contribution is 2.32. The summed E-state index contributed by atoms with van der Waals surface area (Å²) < 4.78 is 0.927. The van der Waals surface area contributed by atoms with Crippen LogP contribution in [0.1, 0.15) is 30.9 Å². The molecule has 4 N–H and O–H groups in total. The van der Waals surface area contributed by atoms with E-state index in [1.807, 2.05) is 49.4 Å². The number of amides is 4. The van der Waals surface area contributed by atoms with Gasteiger partial charge in [-0.1, -0.05) is 67.0 Å². The van der Waals surface area contributed by atoms with Crippen LogP contribution in [0.3, 0.4) is 0 Å². The summed E-state index contributed by atoms with van der Waals surface area (Å²) in [7, 11) is 0. The number of anilines is 1. The highest BCUT2D eigenvalue weighted by molar-refractivity contribution is 7.22. The number of nitrogens with two attached hydrogens (primary N) is 1. The maximum absolute atomic E-state index is 14.2. The molecule has 4 aromatic rings. The summed E-state index contributed by atoms with van der Waals surface area (Å²) in [5.41, 5.74) is 9.24. The number of para-hydroxylation sites is 1. The summed E-state index contributed by atoms with van der Waals surface area (Å²) >= 11 is 1.39. The summed E-state index contributed by atoms with van der Waals surface area (Å²) in [6.07, 6.45) is 7.08. The molecular weight excluding hydrogens is 594 g/mol. The lowest BCUT2D eigenvalue weighted by molar-refractivity contribution is -0.157. The van der Waals surface area contributed by atoms with Crippen LogP contribution in [0.2, 0.25) is 0 Å². The fourth-order valence-corrected chi connectivity index (χ4v) is 6.66.